The number of carbonyl (C=O) groups is 3. The standard InChI is InChI=1S/C28H29NO6/c1-4-18-29(19-5-2)23-10-16-26(17-11-23)35-28(32)22-8-14-25(15-9-22)34-27(31)21-6-12-24(13-7-21)33-20(3)30/h6-17H,4-5,18-19H2,1-3H3. The van der Waals surface area contributed by atoms with Crippen LogP contribution in [0.15, 0.2) is 72.8 Å². The van der Waals surface area contributed by atoms with Gasteiger partial charge in [0.2, 0.25) is 0 Å². The predicted octanol–water partition coefficient (Wildman–Crippen LogP) is 5.68. The van der Waals surface area contributed by atoms with Crippen molar-refractivity contribution >= 4 is 23.6 Å². The number of rotatable bonds is 10. The van der Waals surface area contributed by atoms with E-state index in [0.29, 0.717) is 22.6 Å². The molecule has 0 saturated carbocycles. The third-order valence-corrected chi connectivity index (χ3v) is 5.05. The molecule has 0 atom stereocenters. The lowest BCUT2D eigenvalue weighted by Gasteiger charge is -2.23. The fourth-order valence-corrected chi connectivity index (χ4v) is 3.45. The fraction of sp³-hybridized carbons (Fsp3) is 0.250. The summed E-state index contributed by atoms with van der Waals surface area (Å²) in [7, 11) is 0. The summed E-state index contributed by atoms with van der Waals surface area (Å²) in [5, 5.41) is 0. The van der Waals surface area contributed by atoms with E-state index in [2.05, 4.69) is 18.7 Å². The van der Waals surface area contributed by atoms with Crippen LogP contribution in [-0.4, -0.2) is 31.0 Å². The van der Waals surface area contributed by atoms with Crippen molar-refractivity contribution in [3.05, 3.63) is 83.9 Å². The Morgan fingerprint density at radius 1 is 0.600 bits per heavy atom. The van der Waals surface area contributed by atoms with Gasteiger partial charge in [-0.3, -0.25) is 4.79 Å². The van der Waals surface area contributed by atoms with Gasteiger partial charge in [0.05, 0.1) is 11.1 Å². The lowest BCUT2D eigenvalue weighted by molar-refractivity contribution is -0.131. The van der Waals surface area contributed by atoms with E-state index in [-0.39, 0.29) is 5.75 Å². The Morgan fingerprint density at radius 2 is 0.971 bits per heavy atom. The molecule has 0 aliphatic carbocycles. The molecule has 0 spiro atoms. The Balaban J connectivity index is 1.57. The summed E-state index contributed by atoms with van der Waals surface area (Å²) in [4.78, 5) is 38.2. The van der Waals surface area contributed by atoms with E-state index in [4.69, 9.17) is 14.2 Å². The van der Waals surface area contributed by atoms with Crippen molar-refractivity contribution in [1.29, 1.82) is 0 Å². The van der Waals surface area contributed by atoms with Crippen molar-refractivity contribution in [2.45, 2.75) is 33.6 Å². The molecule has 0 aromatic heterocycles. The number of benzene rings is 3. The Bertz CT molecular complexity index is 1130. The van der Waals surface area contributed by atoms with Gasteiger partial charge in [0.25, 0.3) is 0 Å². The van der Waals surface area contributed by atoms with Crippen molar-refractivity contribution in [3.8, 4) is 17.2 Å². The second-order valence-corrected chi connectivity index (χ2v) is 7.90. The summed E-state index contributed by atoms with van der Waals surface area (Å²) in [5.41, 5.74) is 1.73. The molecule has 35 heavy (non-hydrogen) atoms. The average Bonchev–Trinajstić information content (AvgIpc) is 2.85. The number of anilines is 1. The zero-order valence-corrected chi connectivity index (χ0v) is 20.2. The maximum atomic E-state index is 12.5. The van der Waals surface area contributed by atoms with Gasteiger partial charge in [0.15, 0.2) is 0 Å². The van der Waals surface area contributed by atoms with Gasteiger partial charge in [-0.25, -0.2) is 9.59 Å². The largest absolute Gasteiger partial charge is 0.427 e. The van der Waals surface area contributed by atoms with Crippen LogP contribution in [0.2, 0.25) is 0 Å². The topological polar surface area (TPSA) is 82.1 Å². The van der Waals surface area contributed by atoms with Gasteiger partial charge in [-0.15, -0.1) is 0 Å². The van der Waals surface area contributed by atoms with Crippen LogP contribution in [0.5, 0.6) is 17.2 Å². The molecule has 0 unspecified atom stereocenters. The monoisotopic (exact) mass is 475 g/mol. The van der Waals surface area contributed by atoms with Gasteiger partial charge < -0.3 is 19.1 Å². The Labute approximate surface area is 205 Å². The molecule has 0 fully saturated rings. The summed E-state index contributed by atoms with van der Waals surface area (Å²) < 4.78 is 15.8. The van der Waals surface area contributed by atoms with E-state index in [1.165, 1.54) is 55.5 Å². The molecule has 0 aliphatic rings. The van der Waals surface area contributed by atoms with Crippen LogP contribution in [0.4, 0.5) is 5.69 Å². The highest BCUT2D eigenvalue weighted by molar-refractivity contribution is 5.92. The van der Waals surface area contributed by atoms with Gasteiger partial charge in [-0.2, -0.15) is 0 Å². The van der Waals surface area contributed by atoms with Crippen molar-refractivity contribution in [2.75, 3.05) is 18.0 Å². The zero-order chi connectivity index (χ0) is 25.2. The number of carbonyl (C=O) groups excluding carboxylic acids is 3. The van der Waals surface area contributed by atoms with Gasteiger partial charge >= 0.3 is 17.9 Å². The van der Waals surface area contributed by atoms with E-state index in [1.54, 1.807) is 12.1 Å². The van der Waals surface area contributed by atoms with Crippen LogP contribution in [0.1, 0.15) is 54.3 Å². The molecule has 3 aromatic rings. The Kier molecular flexibility index (Phi) is 9.01. The van der Waals surface area contributed by atoms with Crippen LogP contribution in [0, 0.1) is 0 Å². The van der Waals surface area contributed by atoms with Crippen LogP contribution in [0.3, 0.4) is 0 Å². The molecule has 0 N–H and O–H groups in total. The highest BCUT2D eigenvalue weighted by Gasteiger charge is 2.13. The molecular weight excluding hydrogens is 446 g/mol. The number of hydrogen-bond acceptors (Lipinski definition) is 7. The molecule has 0 saturated heterocycles. The van der Waals surface area contributed by atoms with E-state index in [1.807, 2.05) is 12.1 Å². The first-order chi connectivity index (χ1) is 16.9. The molecule has 0 radical (unpaired) electrons. The minimum atomic E-state index is -0.574. The normalized spacial score (nSPS) is 10.4. The molecule has 7 nitrogen and oxygen atoms in total. The fourth-order valence-electron chi connectivity index (χ4n) is 3.45. The quantitative estimate of drug-likeness (QED) is 0.276. The van der Waals surface area contributed by atoms with Gasteiger partial charge in [-0.1, -0.05) is 13.8 Å². The molecule has 182 valence electrons. The van der Waals surface area contributed by atoms with Gasteiger partial charge in [0.1, 0.15) is 17.2 Å². The first-order valence-corrected chi connectivity index (χ1v) is 11.6. The lowest BCUT2D eigenvalue weighted by Crippen LogP contribution is -2.24. The van der Waals surface area contributed by atoms with Crippen molar-refractivity contribution in [1.82, 2.24) is 0 Å². The molecule has 0 aliphatic heterocycles. The summed E-state index contributed by atoms with van der Waals surface area (Å²) >= 11 is 0. The minimum Gasteiger partial charge on any atom is -0.427 e. The maximum absolute atomic E-state index is 12.5. The highest BCUT2D eigenvalue weighted by atomic mass is 16.5. The molecule has 0 amide bonds. The number of ether oxygens (including phenoxy) is 3. The van der Waals surface area contributed by atoms with Crippen LogP contribution < -0.4 is 19.1 Å². The Morgan fingerprint density at radius 3 is 1.34 bits per heavy atom. The maximum Gasteiger partial charge on any atom is 0.343 e. The van der Waals surface area contributed by atoms with Crippen molar-refractivity contribution in [3.63, 3.8) is 0 Å². The van der Waals surface area contributed by atoms with Crippen molar-refractivity contribution < 1.29 is 28.6 Å². The molecule has 0 heterocycles. The van der Waals surface area contributed by atoms with Crippen LogP contribution in [-0.2, 0) is 4.79 Å². The summed E-state index contributed by atoms with van der Waals surface area (Å²) in [6.45, 7) is 7.55. The number of nitrogens with zero attached hydrogens (tertiary/aromatic N) is 1. The number of hydrogen-bond donors (Lipinski definition) is 0. The van der Waals surface area contributed by atoms with E-state index in [9.17, 15) is 14.4 Å². The number of esters is 3. The third-order valence-electron chi connectivity index (χ3n) is 5.05. The molecule has 3 aromatic carbocycles. The molecule has 0 bridgehead atoms. The zero-order valence-electron chi connectivity index (χ0n) is 20.2. The van der Waals surface area contributed by atoms with E-state index < -0.39 is 17.9 Å². The van der Waals surface area contributed by atoms with Crippen molar-refractivity contribution in [2.24, 2.45) is 0 Å². The summed E-state index contributed by atoms with van der Waals surface area (Å²) in [5.74, 6) is -0.440. The van der Waals surface area contributed by atoms with E-state index in [0.717, 1.165) is 31.6 Å². The predicted molar refractivity (Wildman–Crippen MR) is 133 cm³/mol. The first-order valence-electron chi connectivity index (χ1n) is 11.6. The van der Waals surface area contributed by atoms with Gasteiger partial charge in [0, 0.05) is 25.7 Å². The SMILES string of the molecule is CCCN(CCC)c1ccc(OC(=O)c2ccc(OC(=O)c3ccc(OC(C)=O)cc3)cc2)cc1. The molecule has 3 rings (SSSR count). The van der Waals surface area contributed by atoms with Crippen LogP contribution >= 0.6 is 0 Å². The Hall–Kier alpha value is -4.13. The summed E-state index contributed by atoms with van der Waals surface area (Å²) in [6, 6.07) is 19.6. The van der Waals surface area contributed by atoms with E-state index >= 15 is 0 Å². The second kappa shape index (κ2) is 12.4. The smallest absolute Gasteiger partial charge is 0.343 e. The average molecular weight is 476 g/mol. The highest BCUT2D eigenvalue weighted by Crippen LogP contribution is 2.22. The summed E-state index contributed by atoms with van der Waals surface area (Å²) in [6.07, 6.45) is 2.12. The second-order valence-electron chi connectivity index (χ2n) is 7.90. The first kappa shape index (κ1) is 25.5. The minimum absolute atomic E-state index is 0.284. The lowest BCUT2D eigenvalue weighted by atomic mass is 10.2. The molecule has 7 heteroatoms. The van der Waals surface area contributed by atoms with Gasteiger partial charge in [-0.05, 0) is 85.6 Å². The molecular formula is C28H29NO6. The van der Waals surface area contributed by atoms with Crippen LogP contribution in [0.25, 0.3) is 0 Å². The third kappa shape index (κ3) is 7.43.